The number of unbranched alkanes of at least 4 members (excludes halogenated alkanes) is 3. The Morgan fingerprint density at radius 2 is 2.00 bits per heavy atom. The zero-order chi connectivity index (χ0) is 16.9. The third-order valence-corrected chi connectivity index (χ3v) is 4.08. The number of carboxylic acid groups (broad SMARTS) is 1. The number of H-pyrrole nitrogens is 1. The highest BCUT2D eigenvalue weighted by molar-refractivity contribution is 6.06. The van der Waals surface area contributed by atoms with Crippen molar-refractivity contribution in [2.45, 2.75) is 51.5 Å². The monoisotopic (exact) mass is 317 g/mol. The molecule has 2 rings (SSSR count). The number of carbonyl (C=O) groups is 2. The molecule has 0 saturated carbocycles. The summed E-state index contributed by atoms with van der Waals surface area (Å²) in [5, 5.41) is 19.6. The van der Waals surface area contributed by atoms with Crippen LogP contribution in [0.3, 0.4) is 0 Å². The second-order valence-corrected chi connectivity index (χ2v) is 6.02. The van der Waals surface area contributed by atoms with Crippen LogP contribution < -0.4 is 5.32 Å². The number of amides is 1. The lowest BCUT2D eigenvalue weighted by molar-refractivity contribution is -0.144. The number of fused-ring (bicyclic) bond motifs is 1. The van der Waals surface area contributed by atoms with Gasteiger partial charge < -0.3 is 10.4 Å². The van der Waals surface area contributed by atoms with Crippen molar-refractivity contribution in [3.05, 3.63) is 30.0 Å². The fourth-order valence-electron chi connectivity index (χ4n) is 2.57. The molecule has 0 aliphatic carbocycles. The smallest absolute Gasteiger partial charge is 0.329 e. The van der Waals surface area contributed by atoms with Crippen LogP contribution in [0.1, 0.15) is 56.4 Å². The quantitative estimate of drug-likeness (QED) is 0.652. The van der Waals surface area contributed by atoms with E-state index in [9.17, 15) is 14.7 Å². The van der Waals surface area contributed by atoms with E-state index in [1.165, 1.54) is 0 Å². The SMILES string of the molecule is CCCCCCC(C)(NC(=O)c1n[nH]c2ccccc12)C(=O)O. The van der Waals surface area contributed by atoms with Crippen molar-refractivity contribution in [3.63, 3.8) is 0 Å². The highest BCUT2D eigenvalue weighted by Crippen LogP contribution is 2.19. The van der Waals surface area contributed by atoms with Crippen LogP contribution in [-0.2, 0) is 4.79 Å². The molecule has 0 saturated heterocycles. The van der Waals surface area contributed by atoms with Gasteiger partial charge in [-0.15, -0.1) is 0 Å². The van der Waals surface area contributed by atoms with E-state index in [0.717, 1.165) is 31.2 Å². The number of aromatic nitrogens is 2. The number of aliphatic carboxylic acids is 1. The lowest BCUT2D eigenvalue weighted by Crippen LogP contribution is -2.52. The average Bonchev–Trinajstić information content (AvgIpc) is 2.95. The van der Waals surface area contributed by atoms with Crippen molar-refractivity contribution in [1.82, 2.24) is 15.5 Å². The maximum atomic E-state index is 12.5. The Hall–Kier alpha value is -2.37. The number of hydrogen-bond donors (Lipinski definition) is 3. The van der Waals surface area contributed by atoms with Crippen LogP contribution in [0.2, 0.25) is 0 Å². The van der Waals surface area contributed by atoms with Gasteiger partial charge in [0, 0.05) is 5.39 Å². The van der Waals surface area contributed by atoms with E-state index in [4.69, 9.17) is 0 Å². The normalized spacial score (nSPS) is 13.7. The van der Waals surface area contributed by atoms with Crippen molar-refractivity contribution in [1.29, 1.82) is 0 Å². The van der Waals surface area contributed by atoms with Crippen LogP contribution >= 0.6 is 0 Å². The van der Waals surface area contributed by atoms with E-state index in [1.807, 2.05) is 18.2 Å². The number of carboxylic acids is 1. The summed E-state index contributed by atoms with van der Waals surface area (Å²) in [5.74, 6) is -1.50. The molecule has 1 heterocycles. The van der Waals surface area contributed by atoms with Gasteiger partial charge in [-0.2, -0.15) is 5.10 Å². The molecule has 0 aliphatic rings. The molecule has 0 spiro atoms. The predicted molar refractivity (Wildman–Crippen MR) is 88.4 cm³/mol. The Balaban J connectivity index is 2.13. The summed E-state index contributed by atoms with van der Waals surface area (Å²) in [6.07, 6.45) is 4.26. The van der Waals surface area contributed by atoms with Gasteiger partial charge >= 0.3 is 5.97 Å². The number of hydrogen-bond acceptors (Lipinski definition) is 3. The first-order chi connectivity index (χ1) is 11.0. The molecular formula is C17H23N3O3. The molecule has 6 nitrogen and oxygen atoms in total. The summed E-state index contributed by atoms with van der Waals surface area (Å²) >= 11 is 0. The van der Waals surface area contributed by atoms with Gasteiger partial charge in [-0.3, -0.25) is 9.89 Å². The van der Waals surface area contributed by atoms with E-state index in [0.29, 0.717) is 11.8 Å². The van der Waals surface area contributed by atoms with Gasteiger partial charge in [0.1, 0.15) is 5.54 Å². The third kappa shape index (κ3) is 3.88. The maximum Gasteiger partial charge on any atom is 0.329 e. The fourth-order valence-corrected chi connectivity index (χ4v) is 2.57. The van der Waals surface area contributed by atoms with Crippen molar-refractivity contribution in [2.24, 2.45) is 0 Å². The third-order valence-electron chi connectivity index (χ3n) is 4.08. The number of para-hydroxylation sites is 1. The lowest BCUT2D eigenvalue weighted by Gasteiger charge is -2.26. The number of nitrogens with one attached hydrogen (secondary N) is 2. The topological polar surface area (TPSA) is 95.1 Å². The average molecular weight is 317 g/mol. The first-order valence-corrected chi connectivity index (χ1v) is 7.97. The van der Waals surface area contributed by atoms with Gasteiger partial charge in [-0.05, 0) is 19.4 Å². The molecule has 0 bridgehead atoms. The van der Waals surface area contributed by atoms with Crippen molar-refractivity contribution in [2.75, 3.05) is 0 Å². The molecule has 124 valence electrons. The summed E-state index contributed by atoms with van der Waals surface area (Å²) in [5.41, 5.74) is -0.315. The Bertz CT molecular complexity index is 695. The van der Waals surface area contributed by atoms with Crippen LogP contribution in [0, 0.1) is 0 Å². The molecule has 0 aliphatic heterocycles. The summed E-state index contributed by atoms with van der Waals surface area (Å²) in [4.78, 5) is 24.1. The van der Waals surface area contributed by atoms with E-state index in [2.05, 4.69) is 22.4 Å². The minimum atomic E-state index is -1.29. The van der Waals surface area contributed by atoms with Crippen molar-refractivity contribution >= 4 is 22.8 Å². The minimum absolute atomic E-state index is 0.224. The Morgan fingerprint density at radius 1 is 1.26 bits per heavy atom. The molecule has 1 unspecified atom stereocenters. The molecule has 1 aromatic heterocycles. The minimum Gasteiger partial charge on any atom is -0.480 e. The Labute approximate surface area is 135 Å². The zero-order valence-corrected chi connectivity index (χ0v) is 13.6. The second kappa shape index (κ2) is 7.26. The number of aromatic amines is 1. The molecule has 2 aromatic rings. The molecule has 6 heteroatoms. The van der Waals surface area contributed by atoms with E-state index in [-0.39, 0.29) is 5.69 Å². The highest BCUT2D eigenvalue weighted by Gasteiger charge is 2.35. The summed E-state index contributed by atoms with van der Waals surface area (Å²) < 4.78 is 0. The molecule has 23 heavy (non-hydrogen) atoms. The molecule has 1 aromatic carbocycles. The van der Waals surface area contributed by atoms with E-state index >= 15 is 0 Å². The standard InChI is InChI=1S/C17H23N3O3/c1-3-4-5-8-11-17(2,16(22)23)18-15(21)14-12-9-6-7-10-13(12)19-20-14/h6-7,9-10H,3-5,8,11H2,1-2H3,(H,18,21)(H,19,20)(H,22,23). The molecular weight excluding hydrogens is 294 g/mol. The first kappa shape index (κ1) is 17.0. The summed E-state index contributed by atoms with van der Waals surface area (Å²) in [7, 11) is 0. The molecule has 0 radical (unpaired) electrons. The number of carbonyl (C=O) groups excluding carboxylic acids is 1. The van der Waals surface area contributed by atoms with Gasteiger partial charge in [-0.1, -0.05) is 50.8 Å². The van der Waals surface area contributed by atoms with Crippen LogP contribution in [0.5, 0.6) is 0 Å². The fraction of sp³-hybridized carbons (Fsp3) is 0.471. The zero-order valence-electron chi connectivity index (χ0n) is 13.6. The predicted octanol–water partition coefficient (Wildman–Crippen LogP) is 3.11. The van der Waals surface area contributed by atoms with Crippen LogP contribution in [-0.4, -0.2) is 32.7 Å². The van der Waals surface area contributed by atoms with E-state index in [1.54, 1.807) is 13.0 Å². The van der Waals surface area contributed by atoms with Crippen LogP contribution in [0.25, 0.3) is 10.9 Å². The van der Waals surface area contributed by atoms with Gasteiger partial charge in [-0.25, -0.2) is 4.79 Å². The number of benzene rings is 1. The number of nitrogens with zero attached hydrogens (tertiary/aromatic N) is 1. The van der Waals surface area contributed by atoms with Gasteiger partial charge in [0.2, 0.25) is 0 Å². The van der Waals surface area contributed by atoms with Gasteiger partial charge in [0.25, 0.3) is 5.91 Å². The second-order valence-electron chi connectivity index (χ2n) is 6.02. The molecule has 3 N–H and O–H groups in total. The van der Waals surface area contributed by atoms with Gasteiger partial charge in [0.15, 0.2) is 5.69 Å². The maximum absolute atomic E-state index is 12.5. The Kier molecular flexibility index (Phi) is 5.36. The first-order valence-electron chi connectivity index (χ1n) is 7.97. The van der Waals surface area contributed by atoms with Crippen molar-refractivity contribution < 1.29 is 14.7 Å². The van der Waals surface area contributed by atoms with Crippen LogP contribution in [0.4, 0.5) is 0 Å². The molecule has 1 amide bonds. The van der Waals surface area contributed by atoms with E-state index < -0.39 is 17.4 Å². The highest BCUT2D eigenvalue weighted by atomic mass is 16.4. The number of rotatable bonds is 8. The summed E-state index contributed by atoms with van der Waals surface area (Å²) in [6.45, 7) is 3.65. The van der Waals surface area contributed by atoms with Gasteiger partial charge in [0.05, 0.1) is 5.52 Å². The van der Waals surface area contributed by atoms with Crippen LogP contribution in [0.15, 0.2) is 24.3 Å². The molecule has 1 atom stereocenters. The van der Waals surface area contributed by atoms with Crippen molar-refractivity contribution in [3.8, 4) is 0 Å². The summed E-state index contributed by atoms with van der Waals surface area (Å²) in [6, 6.07) is 7.26. The molecule has 0 fully saturated rings. The lowest BCUT2D eigenvalue weighted by atomic mass is 9.93. The largest absolute Gasteiger partial charge is 0.480 e. The Morgan fingerprint density at radius 3 is 2.70 bits per heavy atom.